The zero-order valence-electron chi connectivity index (χ0n) is 21.4. The van der Waals surface area contributed by atoms with Crippen LogP contribution in [0.2, 0.25) is 0 Å². The van der Waals surface area contributed by atoms with Crippen molar-refractivity contribution in [3.05, 3.63) is 47.5 Å². The Kier molecular flexibility index (Phi) is 7.54. The van der Waals surface area contributed by atoms with Crippen molar-refractivity contribution >= 4 is 22.5 Å². The molecule has 0 radical (unpaired) electrons. The molecule has 0 amide bonds. The predicted octanol–water partition coefficient (Wildman–Crippen LogP) is 5.38. The van der Waals surface area contributed by atoms with Crippen molar-refractivity contribution in [2.45, 2.75) is 52.1 Å². The van der Waals surface area contributed by atoms with E-state index in [-0.39, 0.29) is 5.56 Å². The second-order valence-corrected chi connectivity index (χ2v) is 9.36. The summed E-state index contributed by atoms with van der Waals surface area (Å²) in [5, 5.41) is 3.83. The number of hydrogen-bond acceptors (Lipinski definition) is 7. The third kappa shape index (κ3) is 5.04. The summed E-state index contributed by atoms with van der Waals surface area (Å²) in [4.78, 5) is 17.9. The van der Waals surface area contributed by atoms with Gasteiger partial charge < -0.3 is 15.0 Å². The third-order valence-electron chi connectivity index (χ3n) is 6.84. The Morgan fingerprint density at radius 3 is 2.47 bits per heavy atom. The van der Waals surface area contributed by atoms with E-state index in [1.807, 2.05) is 6.07 Å². The zero-order chi connectivity index (χ0) is 26.0. The van der Waals surface area contributed by atoms with Gasteiger partial charge in [0.05, 0.1) is 24.1 Å². The van der Waals surface area contributed by atoms with E-state index in [4.69, 9.17) is 4.74 Å². The first-order chi connectivity index (χ1) is 17.2. The number of nitrogens with zero attached hydrogens (tertiary/aromatic N) is 5. The normalized spacial score (nSPS) is 16.0. The summed E-state index contributed by atoms with van der Waals surface area (Å²) < 4.78 is 49.3. The number of rotatable bonds is 8. The van der Waals surface area contributed by atoms with Gasteiger partial charge in [-0.15, -0.1) is 0 Å². The lowest BCUT2D eigenvalue weighted by molar-refractivity contribution is -0.0119. The number of methoxy groups -OCH3 is 1. The van der Waals surface area contributed by atoms with Gasteiger partial charge in [0.25, 0.3) is 5.92 Å². The van der Waals surface area contributed by atoms with Crippen LogP contribution in [0.4, 0.5) is 24.7 Å². The molecule has 1 atom stereocenters. The molecule has 194 valence electrons. The predicted molar refractivity (Wildman–Crippen MR) is 135 cm³/mol. The summed E-state index contributed by atoms with van der Waals surface area (Å²) in [6, 6.07) is 5.87. The average Bonchev–Trinajstić information content (AvgIpc) is 2.88. The molecular formula is C26H33F3N6O. The number of halogens is 3. The summed E-state index contributed by atoms with van der Waals surface area (Å²) in [7, 11) is 1.58. The van der Waals surface area contributed by atoms with E-state index < -0.39 is 29.8 Å². The van der Waals surface area contributed by atoms with Crippen LogP contribution < -0.4 is 15.0 Å². The number of fused-ring (bicyclic) bond motifs is 1. The second-order valence-electron chi connectivity index (χ2n) is 9.36. The molecule has 0 spiro atoms. The fourth-order valence-corrected chi connectivity index (χ4v) is 4.57. The number of nitrogens with one attached hydrogen (secondary N) is 1. The largest absolute Gasteiger partial charge is 0.479 e. The maximum absolute atomic E-state index is 15.1. The molecule has 0 unspecified atom stereocenters. The highest BCUT2D eigenvalue weighted by Gasteiger charge is 2.34. The number of aromatic nitrogens is 3. The van der Waals surface area contributed by atoms with E-state index in [1.165, 1.54) is 25.4 Å². The lowest BCUT2D eigenvalue weighted by atomic mass is 9.99. The molecule has 1 aliphatic rings. The molecule has 0 bridgehead atoms. The van der Waals surface area contributed by atoms with Crippen LogP contribution in [0.3, 0.4) is 0 Å². The minimum absolute atomic E-state index is 0.138. The molecule has 3 aromatic rings. The van der Waals surface area contributed by atoms with Crippen LogP contribution in [0.25, 0.3) is 11.0 Å². The summed E-state index contributed by atoms with van der Waals surface area (Å²) in [5.41, 5.74) is 0.791. The molecule has 1 aliphatic heterocycles. The maximum atomic E-state index is 15.1. The molecule has 0 saturated carbocycles. The molecule has 3 heterocycles. The fourth-order valence-electron chi connectivity index (χ4n) is 4.57. The molecule has 36 heavy (non-hydrogen) atoms. The molecular weight excluding hydrogens is 469 g/mol. The zero-order valence-corrected chi connectivity index (χ0v) is 21.4. The molecule has 1 N–H and O–H groups in total. The van der Waals surface area contributed by atoms with Gasteiger partial charge in [0.2, 0.25) is 5.88 Å². The van der Waals surface area contributed by atoms with E-state index in [0.717, 1.165) is 37.9 Å². The van der Waals surface area contributed by atoms with Gasteiger partial charge in [-0.2, -0.15) is 4.98 Å². The monoisotopic (exact) mass is 502 g/mol. The van der Waals surface area contributed by atoms with Gasteiger partial charge in [-0.1, -0.05) is 25.1 Å². The number of benzene rings is 1. The van der Waals surface area contributed by atoms with Crippen molar-refractivity contribution in [2.75, 3.05) is 43.5 Å². The summed E-state index contributed by atoms with van der Waals surface area (Å²) in [6.07, 6.45) is 0.885. The Morgan fingerprint density at radius 1 is 1.11 bits per heavy atom. The van der Waals surface area contributed by atoms with Gasteiger partial charge in [-0.05, 0) is 26.8 Å². The average molecular weight is 503 g/mol. The minimum Gasteiger partial charge on any atom is -0.479 e. The maximum Gasteiger partial charge on any atom is 0.275 e. The van der Waals surface area contributed by atoms with Gasteiger partial charge >= 0.3 is 0 Å². The van der Waals surface area contributed by atoms with Crippen LogP contribution in [0.5, 0.6) is 5.88 Å². The number of pyridine rings is 1. The van der Waals surface area contributed by atoms with Crippen molar-refractivity contribution in [3.8, 4) is 5.88 Å². The van der Waals surface area contributed by atoms with Crippen LogP contribution >= 0.6 is 0 Å². The molecule has 10 heteroatoms. The van der Waals surface area contributed by atoms with Crippen LogP contribution in [0, 0.1) is 5.82 Å². The quantitative estimate of drug-likeness (QED) is 0.444. The number of anilines is 2. The lowest BCUT2D eigenvalue weighted by Crippen LogP contribution is -2.49. The Bertz CT molecular complexity index is 1210. The number of piperazine rings is 1. The van der Waals surface area contributed by atoms with Gasteiger partial charge in [0.1, 0.15) is 23.6 Å². The highest BCUT2D eigenvalue weighted by Crippen LogP contribution is 2.37. The van der Waals surface area contributed by atoms with Gasteiger partial charge in [0.15, 0.2) is 5.65 Å². The molecule has 4 rings (SSSR count). The van der Waals surface area contributed by atoms with E-state index >= 15 is 4.39 Å². The van der Waals surface area contributed by atoms with Crippen LogP contribution in [0.1, 0.15) is 51.3 Å². The standard InChI is InChI=1S/C26H33F3N6O/c1-6-26(28,29)20-9-7-8-18(22(20)27)17(4)32-23-19-14-21(25(36-5)33-24(19)31-15-30-23)35-12-10-34(11-13-35)16(2)3/h7-9,14-17H,6,10-13H2,1-5H3,(H,30,31,32,33)/t17-/m1/s1. The van der Waals surface area contributed by atoms with Crippen molar-refractivity contribution in [2.24, 2.45) is 0 Å². The van der Waals surface area contributed by atoms with Gasteiger partial charge in [0, 0.05) is 44.2 Å². The smallest absolute Gasteiger partial charge is 0.275 e. The Balaban J connectivity index is 1.67. The van der Waals surface area contributed by atoms with E-state index in [1.54, 1.807) is 14.0 Å². The van der Waals surface area contributed by atoms with Crippen LogP contribution in [0.15, 0.2) is 30.6 Å². The van der Waals surface area contributed by atoms with Gasteiger partial charge in [-0.25, -0.2) is 23.1 Å². The van der Waals surface area contributed by atoms with E-state index in [9.17, 15) is 8.78 Å². The first-order valence-corrected chi connectivity index (χ1v) is 12.3. The highest BCUT2D eigenvalue weighted by atomic mass is 19.3. The highest BCUT2D eigenvalue weighted by molar-refractivity contribution is 5.90. The summed E-state index contributed by atoms with van der Waals surface area (Å²) in [5.74, 6) is -3.24. The van der Waals surface area contributed by atoms with Crippen molar-refractivity contribution in [1.29, 1.82) is 0 Å². The second kappa shape index (κ2) is 10.5. The number of ether oxygens (including phenoxy) is 1. The number of hydrogen-bond donors (Lipinski definition) is 1. The Hall–Kier alpha value is -3.14. The summed E-state index contributed by atoms with van der Waals surface area (Å²) >= 11 is 0. The molecule has 1 aromatic carbocycles. The fraction of sp³-hybridized carbons (Fsp3) is 0.500. The van der Waals surface area contributed by atoms with Gasteiger partial charge in [-0.3, -0.25) is 4.90 Å². The number of alkyl halides is 2. The summed E-state index contributed by atoms with van der Waals surface area (Å²) in [6.45, 7) is 10.9. The first-order valence-electron chi connectivity index (χ1n) is 12.3. The van der Waals surface area contributed by atoms with Crippen LogP contribution in [-0.2, 0) is 5.92 Å². The molecule has 1 saturated heterocycles. The molecule has 0 aliphatic carbocycles. The lowest BCUT2D eigenvalue weighted by Gasteiger charge is -2.38. The van der Waals surface area contributed by atoms with Crippen molar-refractivity contribution in [1.82, 2.24) is 19.9 Å². The topological polar surface area (TPSA) is 66.4 Å². The third-order valence-corrected chi connectivity index (χ3v) is 6.84. The van der Waals surface area contributed by atoms with E-state index in [2.05, 4.69) is 43.9 Å². The molecule has 7 nitrogen and oxygen atoms in total. The SMILES string of the molecule is CCC(F)(F)c1cccc([C@@H](C)Nc2ncnc3nc(OC)c(N4CCN(C(C)C)CC4)cc23)c1F. The minimum atomic E-state index is -3.24. The van der Waals surface area contributed by atoms with Crippen molar-refractivity contribution in [3.63, 3.8) is 0 Å². The molecule has 1 fully saturated rings. The first kappa shape index (κ1) is 25.9. The Labute approximate surface area is 209 Å². The van der Waals surface area contributed by atoms with Crippen molar-refractivity contribution < 1.29 is 17.9 Å². The van der Waals surface area contributed by atoms with Crippen LogP contribution in [-0.4, -0.2) is 59.2 Å². The Morgan fingerprint density at radius 2 is 1.83 bits per heavy atom. The van der Waals surface area contributed by atoms with E-state index in [0.29, 0.717) is 28.8 Å². The molecule has 2 aromatic heterocycles.